The molecule has 0 bridgehead atoms. The molecule has 0 spiro atoms. The summed E-state index contributed by atoms with van der Waals surface area (Å²) in [6.07, 6.45) is 0.879. The van der Waals surface area contributed by atoms with Crippen molar-refractivity contribution in [1.82, 2.24) is 5.32 Å². The molecule has 0 fully saturated rings. The van der Waals surface area contributed by atoms with Gasteiger partial charge in [-0.1, -0.05) is 18.2 Å². The summed E-state index contributed by atoms with van der Waals surface area (Å²) in [6, 6.07) is 8.36. The maximum atomic E-state index is 12.4. The number of carbonyl (C=O) groups is 1. The molecule has 20 heavy (non-hydrogen) atoms. The third-order valence-electron chi connectivity index (χ3n) is 3.66. The SMILES string of the molecule is CCOC(C)CNC(=O)C1CC(C)Nc2ccccc21. The van der Waals surface area contributed by atoms with Crippen LogP contribution in [0.4, 0.5) is 5.69 Å². The van der Waals surface area contributed by atoms with Crippen LogP contribution >= 0.6 is 0 Å². The second kappa shape index (κ2) is 6.75. The van der Waals surface area contributed by atoms with Gasteiger partial charge >= 0.3 is 0 Å². The van der Waals surface area contributed by atoms with Gasteiger partial charge in [-0.2, -0.15) is 0 Å². The molecule has 1 aliphatic heterocycles. The number of hydrogen-bond acceptors (Lipinski definition) is 3. The van der Waals surface area contributed by atoms with E-state index in [1.807, 2.05) is 38.1 Å². The Morgan fingerprint density at radius 1 is 1.50 bits per heavy atom. The molecule has 2 rings (SSSR count). The van der Waals surface area contributed by atoms with E-state index in [2.05, 4.69) is 17.6 Å². The molecule has 4 heteroatoms. The van der Waals surface area contributed by atoms with Crippen molar-refractivity contribution < 1.29 is 9.53 Å². The highest BCUT2D eigenvalue weighted by Crippen LogP contribution is 2.34. The van der Waals surface area contributed by atoms with E-state index in [0.29, 0.717) is 19.2 Å². The van der Waals surface area contributed by atoms with Crippen molar-refractivity contribution in [2.75, 3.05) is 18.5 Å². The maximum absolute atomic E-state index is 12.4. The van der Waals surface area contributed by atoms with Gasteiger partial charge in [-0.15, -0.1) is 0 Å². The van der Waals surface area contributed by atoms with Gasteiger partial charge in [0.2, 0.25) is 5.91 Å². The Balaban J connectivity index is 2.03. The first-order valence-electron chi connectivity index (χ1n) is 7.36. The van der Waals surface area contributed by atoms with Crippen LogP contribution in [0.2, 0.25) is 0 Å². The molecule has 3 atom stereocenters. The van der Waals surface area contributed by atoms with Crippen molar-refractivity contribution in [2.45, 2.75) is 45.3 Å². The molecule has 1 aromatic carbocycles. The summed E-state index contributed by atoms with van der Waals surface area (Å²) in [4.78, 5) is 12.4. The first-order valence-corrected chi connectivity index (χ1v) is 7.36. The van der Waals surface area contributed by atoms with Gasteiger partial charge in [0.1, 0.15) is 0 Å². The van der Waals surface area contributed by atoms with Gasteiger partial charge in [-0.25, -0.2) is 0 Å². The minimum atomic E-state index is -0.0729. The summed E-state index contributed by atoms with van der Waals surface area (Å²) in [5.41, 5.74) is 2.16. The third kappa shape index (κ3) is 3.51. The molecule has 1 amide bonds. The number of rotatable bonds is 5. The third-order valence-corrected chi connectivity index (χ3v) is 3.66. The van der Waals surface area contributed by atoms with Gasteiger partial charge in [-0.3, -0.25) is 4.79 Å². The van der Waals surface area contributed by atoms with Crippen molar-refractivity contribution in [1.29, 1.82) is 0 Å². The lowest BCUT2D eigenvalue weighted by Gasteiger charge is -2.30. The molecule has 2 N–H and O–H groups in total. The summed E-state index contributed by atoms with van der Waals surface area (Å²) in [5, 5.41) is 6.43. The Labute approximate surface area is 120 Å². The summed E-state index contributed by atoms with van der Waals surface area (Å²) in [6.45, 7) is 7.28. The molecule has 0 saturated carbocycles. The normalized spacial score (nSPS) is 22.6. The van der Waals surface area contributed by atoms with E-state index in [1.54, 1.807) is 0 Å². The number of fused-ring (bicyclic) bond motifs is 1. The van der Waals surface area contributed by atoms with Gasteiger partial charge < -0.3 is 15.4 Å². The van der Waals surface area contributed by atoms with Crippen molar-refractivity contribution >= 4 is 11.6 Å². The van der Waals surface area contributed by atoms with Gasteiger partial charge in [0.15, 0.2) is 0 Å². The molecule has 0 saturated heterocycles. The van der Waals surface area contributed by atoms with E-state index in [-0.39, 0.29) is 17.9 Å². The molecule has 0 aliphatic carbocycles. The summed E-state index contributed by atoms with van der Waals surface area (Å²) in [5.74, 6) is 0.0219. The van der Waals surface area contributed by atoms with Crippen LogP contribution in [0.5, 0.6) is 0 Å². The van der Waals surface area contributed by atoms with Crippen LogP contribution in [0.15, 0.2) is 24.3 Å². The lowest BCUT2D eigenvalue weighted by atomic mass is 9.87. The van der Waals surface area contributed by atoms with E-state index in [9.17, 15) is 4.79 Å². The van der Waals surface area contributed by atoms with Crippen LogP contribution in [0.3, 0.4) is 0 Å². The number of anilines is 1. The molecule has 110 valence electrons. The quantitative estimate of drug-likeness (QED) is 0.869. The Morgan fingerprint density at radius 2 is 2.25 bits per heavy atom. The maximum Gasteiger partial charge on any atom is 0.227 e. The molecule has 0 aromatic heterocycles. The molecule has 0 radical (unpaired) electrons. The van der Waals surface area contributed by atoms with Gasteiger partial charge in [0, 0.05) is 24.9 Å². The van der Waals surface area contributed by atoms with E-state index < -0.39 is 0 Å². The van der Waals surface area contributed by atoms with Crippen LogP contribution in [0.1, 0.15) is 38.7 Å². The van der Waals surface area contributed by atoms with Crippen LogP contribution in [0.25, 0.3) is 0 Å². The average Bonchev–Trinajstić information content (AvgIpc) is 2.44. The van der Waals surface area contributed by atoms with Crippen molar-refractivity contribution in [2.24, 2.45) is 0 Å². The zero-order chi connectivity index (χ0) is 14.5. The van der Waals surface area contributed by atoms with E-state index >= 15 is 0 Å². The Morgan fingerprint density at radius 3 is 3.00 bits per heavy atom. The Kier molecular flexibility index (Phi) is 5.01. The monoisotopic (exact) mass is 276 g/mol. The van der Waals surface area contributed by atoms with Crippen LogP contribution in [-0.4, -0.2) is 31.2 Å². The molecule has 1 aromatic rings. The van der Waals surface area contributed by atoms with Crippen molar-refractivity contribution in [3.8, 4) is 0 Å². The number of amides is 1. The predicted molar refractivity (Wildman–Crippen MR) is 81.0 cm³/mol. The first kappa shape index (κ1) is 14.9. The summed E-state index contributed by atoms with van der Waals surface area (Å²) >= 11 is 0. The fraction of sp³-hybridized carbons (Fsp3) is 0.562. The highest BCUT2D eigenvalue weighted by molar-refractivity contribution is 5.86. The average molecular weight is 276 g/mol. The summed E-state index contributed by atoms with van der Waals surface area (Å²) in [7, 11) is 0. The smallest absolute Gasteiger partial charge is 0.227 e. The number of para-hydroxylation sites is 1. The number of hydrogen-bond donors (Lipinski definition) is 2. The number of nitrogens with one attached hydrogen (secondary N) is 2. The Bertz CT molecular complexity index is 462. The minimum Gasteiger partial charge on any atom is -0.382 e. The van der Waals surface area contributed by atoms with Crippen LogP contribution in [0, 0.1) is 0 Å². The van der Waals surface area contributed by atoms with Crippen molar-refractivity contribution in [3.63, 3.8) is 0 Å². The highest BCUT2D eigenvalue weighted by atomic mass is 16.5. The van der Waals surface area contributed by atoms with Gasteiger partial charge in [0.25, 0.3) is 0 Å². The lowest BCUT2D eigenvalue weighted by Crippen LogP contribution is -2.39. The number of benzene rings is 1. The molecule has 4 nitrogen and oxygen atoms in total. The van der Waals surface area contributed by atoms with Crippen molar-refractivity contribution in [3.05, 3.63) is 29.8 Å². The Hall–Kier alpha value is -1.55. The molecule has 1 aliphatic rings. The van der Waals surface area contributed by atoms with Gasteiger partial charge in [-0.05, 0) is 38.8 Å². The predicted octanol–water partition coefficient (Wildman–Crippen LogP) is 2.52. The fourth-order valence-corrected chi connectivity index (χ4v) is 2.70. The topological polar surface area (TPSA) is 50.4 Å². The zero-order valence-electron chi connectivity index (χ0n) is 12.5. The van der Waals surface area contributed by atoms with Gasteiger partial charge in [0.05, 0.1) is 12.0 Å². The highest BCUT2D eigenvalue weighted by Gasteiger charge is 2.29. The number of ether oxygens (including phenoxy) is 1. The fourth-order valence-electron chi connectivity index (χ4n) is 2.70. The second-order valence-corrected chi connectivity index (χ2v) is 5.43. The second-order valence-electron chi connectivity index (χ2n) is 5.43. The zero-order valence-corrected chi connectivity index (χ0v) is 12.5. The first-order chi connectivity index (χ1) is 9.61. The molecule has 3 unspecified atom stereocenters. The molecular weight excluding hydrogens is 252 g/mol. The van der Waals surface area contributed by atoms with E-state index in [1.165, 1.54) is 0 Å². The summed E-state index contributed by atoms with van der Waals surface area (Å²) < 4.78 is 5.44. The van der Waals surface area contributed by atoms with E-state index in [4.69, 9.17) is 4.74 Å². The standard InChI is InChI=1S/C16H24N2O2/c1-4-20-12(3)10-17-16(19)14-9-11(2)18-15-8-6-5-7-13(14)15/h5-8,11-12,14,18H,4,9-10H2,1-3H3,(H,17,19). The van der Waals surface area contributed by atoms with Crippen LogP contribution in [-0.2, 0) is 9.53 Å². The minimum absolute atomic E-state index is 0.0540. The number of carbonyl (C=O) groups excluding carboxylic acids is 1. The van der Waals surface area contributed by atoms with Crippen LogP contribution < -0.4 is 10.6 Å². The van der Waals surface area contributed by atoms with E-state index in [0.717, 1.165) is 17.7 Å². The lowest BCUT2D eigenvalue weighted by molar-refractivity contribution is -0.123. The molecular formula is C16H24N2O2. The molecule has 1 heterocycles. The largest absolute Gasteiger partial charge is 0.382 e.